The average molecular weight is 549 g/mol. The molecule has 0 atom stereocenters. The number of nitrogens with zero attached hydrogens (tertiary/aromatic N) is 5. The number of aryl methyl sites for hydroxylation is 3. The zero-order valence-electron chi connectivity index (χ0n) is 22.2. The summed E-state index contributed by atoms with van der Waals surface area (Å²) in [6.45, 7) is 10.0. The van der Waals surface area contributed by atoms with Crippen molar-refractivity contribution in [2.45, 2.75) is 47.3 Å². The number of anilines is 2. The van der Waals surface area contributed by atoms with Crippen LogP contribution in [0.2, 0.25) is 5.02 Å². The summed E-state index contributed by atoms with van der Waals surface area (Å²) >= 11 is 6.46. The molecule has 0 saturated carbocycles. The number of halogens is 3. The summed E-state index contributed by atoms with van der Waals surface area (Å²) in [5.74, 6) is 0.0793. The molecule has 0 fully saturated rings. The molecule has 0 aliphatic carbocycles. The molecule has 3 aromatic heterocycles. The van der Waals surface area contributed by atoms with Gasteiger partial charge in [0.25, 0.3) is 0 Å². The molecule has 10 heteroatoms. The molecule has 2 aromatic carbocycles. The van der Waals surface area contributed by atoms with Gasteiger partial charge in [-0.15, -0.1) is 0 Å². The van der Waals surface area contributed by atoms with Gasteiger partial charge in [-0.2, -0.15) is 0 Å². The highest BCUT2D eigenvalue weighted by atomic mass is 35.5. The number of aromatic nitrogens is 5. The van der Waals surface area contributed by atoms with Gasteiger partial charge in [-0.05, 0) is 76.1 Å². The molecule has 0 amide bonds. The van der Waals surface area contributed by atoms with Crippen molar-refractivity contribution in [3.63, 3.8) is 0 Å². The standard InChI is InChI=1S/C29H27ClF2N6O/c1-15(2)38-18(5)35-28-22(31)9-19(10-25(28)38)27-23(32)13-34-29(37-27)36-20-6-7-26(21(30)11-20)39-14-24-17(4)8-16(3)12-33-24/h6-13,15H,14H2,1-5H3,(H,34,36,37). The van der Waals surface area contributed by atoms with Crippen molar-refractivity contribution in [1.82, 2.24) is 24.5 Å². The van der Waals surface area contributed by atoms with Crippen LogP contribution in [0.15, 0.2) is 48.8 Å². The van der Waals surface area contributed by atoms with Gasteiger partial charge in [-0.1, -0.05) is 17.7 Å². The van der Waals surface area contributed by atoms with E-state index < -0.39 is 11.6 Å². The van der Waals surface area contributed by atoms with Crippen molar-refractivity contribution in [1.29, 1.82) is 0 Å². The van der Waals surface area contributed by atoms with E-state index in [1.54, 1.807) is 30.5 Å². The maximum Gasteiger partial charge on any atom is 0.227 e. The van der Waals surface area contributed by atoms with E-state index in [9.17, 15) is 8.78 Å². The van der Waals surface area contributed by atoms with Gasteiger partial charge in [0.15, 0.2) is 11.6 Å². The van der Waals surface area contributed by atoms with Crippen molar-refractivity contribution >= 4 is 34.3 Å². The second-order valence-electron chi connectivity index (χ2n) is 9.67. The first-order valence-corrected chi connectivity index (χ1v) is 12.8. The first-order valence-electron chi connectivity index (χ1n) is 12.4. The second-order valence-corrected chi connectivity index (χ2v) is 10.1. The van der Waals surface area contributed by atoms with E-state index in [1.165, 1.54) is 6.07 Å². The summed E-state index contributed by atoms with van der Waals surface area (Å²) in [7, 11) is 0. The van der Waals surface area contributed by atoms with Crippen LogP contribution in [0.3, 0.4) is 0 Å². The fourth-order valence-electron chi connectivity index (χ4n) is 4.55. The Morgan fingerprint density at radius 3 is 2.49 bits per heavy atom. The molecule has 39 heavy (non-hydrogen) atoms. The van der Waals surface area contributed by atoms with Crippen LogP contribution >= 0.6 is 11.6 Å². The second kappa shape index (κ2) is 10.6. The van der Waals surface area contributed by atoms with E-state index in [1.807, 2.05) is 45.3 Å². The summed E-state index contributed by atoms with van der Waals surface area (Å²) < 4.78 is 37.6. The van der Waals surface area contributed by atoms with Crippen molar-refractivity contribution in [3.05, 3.63) is 88.1 Å². The van der Waals surface area contributed by atoms with E-state index in [0.717, 1.165) is 23.0 Å². The number of hydrogen-bond acceptors (Lipinski definition) is 6. The first-order chi connectivity index (χ1) is 18.6. The highest BCUT2D eigenvalue weighted by molar-refractivity contribution is 6.32. The lowest BCUT2D eigenvalue weighted by Gasteiger charge is -2.13. The maximum atomic E-state index is 15.0. The monoisotopic (exact) mass is 548 g/mol. The molecular formula is C29H27ClF2N6O. The van der Waals surface area contributed by atoms with Crippen molar-refractivity contribution in [2.24, 2.45) is 0 Å². The lowest BCUT2D eigenvalue weighted by atomic mass is 10.1. The molecule has 0 spiro atoms. The Hall–Kier alpha value is -4.11. The van der Waals surface area contributed by atoms with Crippen LogP contribution in [0.25, 0.3) is 22.3 Å². The lowest BCUT2D eigenvalue weighted by Crippen LogP contribution is -2.04. The summed E-state index contributed by atoms with van der Waals surface area (Å²) in [4.78, 5) is 17.1. The van der Waals surface area contributed by atoms with Gasteiger partial charge in [-0.3, -0.25) is 4.98 Å². The normalized spacial score (nSPS) is 11.4. The van der Waals surface area contributed by atoms with E-state index in [4.69, 9.17) is 16.3 Å². The molecular weight excluding hydrogens is 522 g/mol. The molecule has 5 rings (SSSR count). The molecule has 0 radical (unpaired) electrons. The number of nitrogens with one attached hydrogen (secondary N) is 1. The van der Waals surface area contributed by atoms with Crippen LogP contribution in [-0.2, 0) is 6.61 Å². The fourth-order valence-corrected chi connectivity index (χ4v) is 4.79. The van der Waals surface area contributed by atoms with Gasteiger partial charge in [0, 0.05) is 23.5 Å². The highest BCUT2D eigenvalue weighted by Gasteiger charge is 2.18. The lowest BCUT2D eigenvalue weighted by molar-refractivity contribution is 0.300. The van der Waals surface area contributed by atoms with Gasteiger partial charge < -0.3 is 14.6 Å². The van der Waals surface area contributed by atoms with Gasteiger partial charge in [-0.25, -0.2) is 23.7 Å². The Bertz CT molecular complexity index is 1700. The molecule has 3 heterocycles. The van der Waals surface area contributed by atoms with E-state index in [-0.39, 0.29) is 35.4 Å². The van der Waals surface area contributed by atoms with Crippen molar-refractivity contribution in [3.8, 4) is 17.0 Å². The van der Waals surface area contributed by atoms with E-state index >= 15 is 0 Å². The Morgan fingerprint density at radius 1 is 0.974 bits per heavy atom. The Morgan fingerprint density at radius 2 is 1.77 bits per heavy atom. The molecule has 0 saturated heterocycles. The fraction of sp³-hybridized carbons (Fsp3) is 0.241. The van der Waals surface area contributed by atoms with Crippen LogP contribution in [0.4, 0.5) is 20.4 Å². The molecule has 0 aliphatic rings. The SMILES string of the molecule is Cc1cnc(COc2ccc(Nc3ncc(F)c(-c4cc(F)c5nc(C)n(C(C)C)c5c4)n3)cc2Cl)c(C)c1. The maximum absolute atomic E-state index is 15.0. The number of imidazole rings is 1. The van der Waals surface area contributed by atoms with Crippen LogP contribution in [-0.4, -0.2) is 24.5 Å². The highest BCUT2D eigenvalue weighted by Crippen LogP contribution is 2.32. The van der Waals surface area contributed by atoms with Crippen LogP contribution in [0.5, 0.6) is 5.75 Å². The zero-order valence-corrected chi connectivity index (χ0v) is 22.9. The third-order valence-electron chi connectivity index (χ3n) is 6.33. The summed E-state index contributed by atoms with van der Waals surface area (Å²) in [6.07, 6.45) is 2.84. The molecule has 7 nitrogen and oxygen atoms in total. The number of ether oxygens (including phenoxy) is 1. The van der Waals surface area contributed by atoms with Crippen molar-refractivity contribution in [2.75, 3.05) is 5.32 Å². The smallest absolute Gasteiger partial charge is 0.227 e. The van der Waals surface area contributed by atoms with Crippen LogP contribution in [0.1, 0.15) is 42.5 Å². The molecule has 1 N–H and O–H groups in total. The average Bonchev–Trinajstić information content (AvgIpc) is 3.22. The number of pyridine rings is 1. The minimum absolute atomic E-state index is 0.0329. The number of fused-ring (bicyclic) bond motifs is 1. The summed E-state index contributed by atoms with van der Waals surface area (Å²) in [5, 5.41) is 3.40. The minimum atomic E-state index is -0.673. The predicted molar refractivity (Wildman–Crippen MR) is 149 cm³/mol. The van der Waals surface area contributed by atoms with Gasteiger partial charge in [0.2, 0.25) is 5.95 Å². The van der Waals surface area contributed by atoms with Crippen LogP contribution < -0.4 is 10.1 Å². The molecule has 0 bridgehead atoms. The minimum Gasteiger partial charge on any atom is -0.486 e. The molecule has 0 aliphatic heterocycles. The predicted octanol–water partition coefficient (Wildman–Crippen LogP) is 7.65. The summed E-state index contributed by atoms with van der Waals surface area (Å²) in [6, 6.07) is 10.2. The van der Waals surface area contributed by atoms with E-state index in [0.29, 0.717) is 27.8 Å². The van der Waals surface area contributed by atoms with Crippen molar-refractivity contribution < 1.29 is 13.5 Å². The Labute approximate surface area is 229 Å². The topological polar surface area (TPSA) is 77.8 Å². The molecule has 5 aromatic rings. The van der Waals surface area contributed by atoms with Crippen LogP contribution in [0, 0.1) is 32.4 Å². The number of hydrogen-bond donors (Lipinski definition) is 1. The number of benzene rings is 2. The van der Waals surface area contributed by atoms with Gasteiger partial charge in [0.05, 0.1) is 22.4 Å². The summed E-state index contributed by atoms with van der Waals surface area (Å²) in [5.41, 5.74) is 4.58. The Kier molecular flexibility index (Phi) is 7.18. The largest absolute Gasteiger partial charge is 0.486 e. The third-order valence-corrected chi connectivity index (χ3v) is 6.63. The zero-order chi connectivity index (χ0) is 27.8. The van der Waals surface area contributed by atoms with Gasteiger partial charge >= 0.3 is 0 Å². The third kappa shape index (κ3) is 5.40. The number of rotatable bonds is 7. The quantitative estimate of drug-likeness (QED) is 0.225. The van der Waals surface area contributed by atoms with E-state index in [2.05, 4.69) is 25.3 Å². The molecule has 200 valence electrons. The Balaban J connectivity index is 1.39. The van der Waals surface area contributed by atoms with Gasteiger partial charge in [0.1, 0.15) is 29.4 Å². The first kappa shape index (κ1) is 26.5. The molecule has 0 unspecified atom stereocenters.